The summed E-state index contributed by atoms with van der Waals surface area (Å²) in [5.41, 5.74) is 1.16. The Labute approximate surface area is 144 Å². The first-order valence-electron chi connectivity index (χ1n) is 8.51. The number of amides is 1. The van der Waals surface area contributed by atoms with Crippen LogP contribution in [0.4, 0.5) is 0 Å². The Morgan fingerprint density at radius 1 is 1.12 bits per heavy atom. The Bertz CT molecular complexity index is 914. The van der Waals surface area contributed by atoms with E-state index in [0.29, 0.717) is 22.9 Å². The highest BCUT2D eigenvalue weighted by Crippen LogP contribution is 2.35. The van der Waals surface area contributed by atoms with E-state index in [-0.39, 0.29) is 5.91 Å². The van der Waals surface area contributed by atoms with Crippen LogP contribution in [-0.2, 0) is 5.54 Å². The Balaban J connectivity index is 1.65. The highest BCUT2D eigenvalue weighted by atomic mass is 16.5. The SMILES string of the molecule is Cc1nc(C2(NC(=O)c3cnc4ccccc4n3)CCCCC2)no1. The minimum atomic E-state index is -0.597. The number of carbonyl (C=O) groups excluding carboxylic acids is 1. The molecule has 7 nitrogen and oxygen atoms in total. The van der Waals surface area contributed by atoms with Gasteiger partial charge in [-0.1, -0.05) is 36.6 Å². The fourth-order valence-corrected chi connectivity index (χ4v) is 3.40. The maximum atomic E-state index is 12.8. The van der Waals surface area contributed by atoms with Crippen molar-refractivity contribution in [3.05, 3.63) is 47.9 Å². The van der Waals surface area contributed by atoms with Crippen LogP contribution in [0.5, 0.6) is 0 Å². The van der Waals surface area contributed by atoms with Crippen molar-refractivity contribution in [3.63, 3.8) is 0 Å². The molecule has 128 valence electrons. The van der Waals surface area contributed by atoms with E-state index < -0.39 is 5.54 Å². The molecule has 0 saturated heterocycles. The zero-order chi connectivity index (χ0) is 17.3. The van der Waals surface area contributed by atoms with Crippen LogP contribution in [0.15, 0.2) is 35.0 Å². The fraction of sp³-hybridized carbons (Fsp3) is 0.389. The highest BCUT2D eigenvalue weighted by Gasteiger charge is 2.40. The number of hydrogen-bond donors (Lipinski definition) is 1. The van der Waals surface area contributed by atoms with Gasteiger partial charge in [-0.25, -0.2) is 4.98 Å². The number of rotatable bonds is 3. The molecule has 1 aliphatic carbocycles. The number of nitrogens with zero attached hydrogens (tertiary/aromatic N) is 4. The summed E-state index contributed by atoms with van der Waals surface area (Å²) in [7, 11) is 0. The van der Waals surface area contributed by atoms with Gasteiger partial charge in [-0.3, -0.25) is 9.78 Å². The van der Waals surface area contributed by atoms with Gasteiger partial charge in [-0.2, -0.15) is 4.98 Å². The Morgan fingerprint density at radius 2 is 1.88 bits per heavy atom. The number of nitrogens with one attached hydrogen (secondary N) is 1. The maximum absolute atomic E-state index is 12.8. The van der Waals surface area contributed by atoms with Crippen molar-refractivity contribution >= 4 is 16.9 Å². The summed E-state index contributed by atoms with van der Waals surface area (Å²) in [6.07, 6.45) is 6.26. The number of aryl methyl sites for hydroxylation is 1. The highest BCUT2D eigenvalue weighted by molar-refractivity contribution is 5.94. The average molecular weight is 337 g/mol. The zero-order valence-corrected chi connectivity index (χ0v) is 14.0. The topological polar surface area (TPSA) is 93.8 Å². The normalized spacial score (nSPS) is 16.7. The lowest BCUT2D eigenvalue weighted by Gasteiger charge is -2.35. The lowest BCUT2D eigenvalue weighted by atomic mass is 9.81. The molecule has 1 N–H and O–H groups in total. The van der Waals surface area contributed by atoms with Gasteiger partial charge in [0.05, 0.1) is 17.2 Å². The third-order valence-electron chi connectivity index (χ3n) is 4.70. The number of aromatic nitrogens is 4. The van der Waals surface area contributed by atoms with Gasteiger partial charge in [0.1, 0.15) is 11.2 Å². The van der Waals surface area contributed by atoms with Crippen molar-refractivity contribution in [3.8, 4) is 0 Å². The maximum Gasteiger partial charge on any atom is 0.272 e. The molecule has 0 bridgehead atoms. The first kappa shape index (κ1) is 15.7. The Kier molecular flexibility index (Phi) is 3.91. The Morgan fingerprint density at radius 3 is 2.60 bits per heavy atom. The van der Waals surface area contributed by atoms with Crippen molar-refractivity contribution < 1.29 is 9.32 Å². The molecule has 0 atom stereocenters. The number of carbonyl (C=O) groups is 1. The molecular formula is C18H19N5O2. The van der Waals surface area contributed by atoms with Crippen LogP contribution in [0, 0.1) is 6.92 Å². The standard InChI is InChI=1S/C18H19N5O2/c1-12-20-17(23-25-12)18(9-5-2-6-10-18)22-16(24)15-11-19-13-7-3-4-8-14(13)21-15/h3-4,7-8,11H,2,5-6,9-10H2,1H3,(H,22,24). The summed E-state index contributed by atoms with van der Waals surface area (Å²) >= 11 is 0. The van der Waals surface area contributed by atoms with Crippen LogP contribution in [-0.4, -0.2) is 26.0 Å². The van der Waals surface area contributed by atoms with Gasteiger partial charge in [0, 0.05) is 6.92 Å². The van der Waals surface area contributed by atoms with Gasteiger partial charge in [0.2, 0.25) is 5.89 Å². The van der Waals surface area contributed by atoms with Gasteiger partial charge in [0.25, 0.3) is 5.91 Å². The molecule has 1 fully saturated rings. The fourth-order valence-electron chi connectivity index (χ4n) is 3.40. The summed E-state index contributed by atoms with van der Waals surface area (Å²) in [6, 6.07) is 7.49. The van der Waals surface area contributed by atoms with Gasteiger partial charge >= 0.3 is 0 Å². The van der Waals surface area contributed by atoms with Crippen molar-refractivity contribution in [2.45, 2.75) is 44.6 Å². The van der Waals surface area contributed by atoms with Crippen molar-refractivity contribution in [2.75, 3.05) is 0 Å². The van der Waals surface area contributed by atoms with Crippen LogP contribution in [0.1, 0.15) is 54.3 Å². The smallest absolute Gasteiger partial charge is 0.272 e. The van der Waals surface area contributed by atoms with Gasteiger partial charge < -0.3 is 9.84 Å². The summed E-state index contributed by atoms with van der Waals surface area (Å²) in [5.74, 6) is 0.786. The molecule has 0 aliphatic heterocycles. The molecule has 0 radical (unpaired) electrons. The van der Waals surface area contributed by atoms with Gasteiger partial charge in [-0.15, -0.1) is 0 Å². The molecular weight excluding hydrogens is 318 g/mol. The molecule has 0 unspecified atom stereocenters. The quantitative estimate of drug-likeness (QED) is 0.790. The van der Waals surface area contributed by atoms with Crippen LogP contribution in [0.3, 0.4) is 0 Å². The molecule has 2 aromatic heterocycles. The molecule has 25 heavy (non-hydrogen) atoms. The van der Waals surface area contributed by atoms with E-state index in [1.165, 1.54) is 6.20 Å². The minimum absolute atomic E-state index is 0.261. The molecule has 3 aromatic rings. The summed E-state index contributed by atoms with van der Waals surface area (Å²) in [4.78, 5) is 26.0. The van der Waals surface area contributed by atoms with Crippen LogP contribution in [0.25, 0.3) is 11.0 Å². The number of para-hydroxylation sites is 2. The molecule has 1 aliphatic rings. The number of fused-ring (bicyclic) bond motifs is 1. The second-order valence-electron chi connectivity index (χ2n) is 6.48. The third kappa shape index (κ3) is 2.97. The van der Waals surface area contributed by atoms with E-state index in [0.717, 1.165) is 37.6 Å². The first-order chi connectivity index (χ1) is 12.2. The van der Waals surface area contributed by atoms with E-state index in [9.17, 15) is 4.79 Å². The minimum Gasteiger partial charge on any atom is -0.340 e. The Hall–Kier alpha value is -2.83. The van der Waals surface area contributed by atoms with Crippen molar-refractivity contribution in [2.24, 2.45) is 0 Å². The second-order valence-corrected chi connectivity index (χ2v) is 6.48. The van der Waals surface area contributed by atoms with Crippen LogP contribution >= 0.6 is 0 Å². The largest absolute Gasteiger partial charge is 0.340 e. The zero-order valence-electron chi connectivity index (χ0n) is 14.0. The summed E-state index contributed by atoms with van der Waals surface area (Å²) in [5, 5.41) is 7.19. The monoisotopic (exact) mass is 337 g/mol. The molecule has 7 heteroatoms. The summed E-state index contributed by atoms with van der Waals surface area (Å²) < 4.78 is 5.15. The van der Waals surface area contributed by atoms with Crippen molar-refractivity contribution in [1.29, 1.82) is 0 Å². The molecule has 1 saturated carbocycles. The van der Waals surface area contributed by atoms with E-state index in [1.54, 1.807) is 6.92 Å². The molecule has 1 amide bonds. The molecule has 0 spiro atoms. The lowest BCUT2D eigenvalue weighted by Crippen LogP contribution is -2.48. The molecule has 1 aromatic carbocycles. The lowest BCUT2D eigenvalue weighted by molar-refractivity contribution is 0.0850. The molecule has 4 rings (SSSR count). The third-order valence-corrected chi connectivity index (χ3v) is 4.70. The average Bonchev–Trinajstić information content (AvgIpc) is 3.09. The predicted octanol–water partition coefficient (Wildman–Crippen LogP) is 2.91. The number of benzene rings is 1. The van der Waals surface area contributed by atoms with Gasteiger partial charge in [0.15, 0.2) is 5.82 Å². The van der Waals surface area contributed by atoms with Crippen molar-refractivity contribution in [1.82, 2.24) is 25.4 Å². The second kappa shape index (κ2) is 6.23. The van der Waals surface area contributed by atoms with Crippen LogP contribution < -0.4 is 5.32 Å². The summed E-state index contributed by atoms with van der Waals surface area (Å²) in [6.45, 7) is 1.75. The van der Waals surface area contributed by atoms with E-state index in [1.807, 2.05) is 24.3 Å². The van der Waals surface area contributed by atoms with Gasteiger partial charge in [-0.05, 0) is 25.0 Å². The number of hydrogen-bond acceptors (Lipinski definition) is 6. The molecule has 2 heterocycles. The van der Waals surface area contributed by atoms with E-state index in [4.69, 9.17) is 4.52 Å². The van der Waals surface area contributed by atoms with E-state index in [2.05, 4.69) is 25.4 Å². The first-order valence-corrected chi connectivity index (χ1v) is 8.51. The van der Waals surface area contributed by atoms with E-state index >= 15 is 0 Å². The van der Waals surface area contributed by atoms with Crippen LogP contribution in [0.2, 0.25) is 0 Å². The predicted molar refractivity (Wildman–Crippen MR) is 90.8 cm³/mol.